The van der Waals surface area contributed by atoms with Crippen LogP contribution in [0.15, 0.2) is 18.2 Å². The van der Waals surface area contributed by atoms with Crippen LogP contribution in [0.3, 0.4) is 0 Å². The fourth-order valence-electron chi connectivity index (χ4n) is 1.58. The topological polar surface area (TPSA) is 49.3 Å². The Bertz CT molecular complexity index is 388. The first kappa shape index (κ1) is 13.7. The van der Waals surface area contributed by atoms with Gasteiger partial charge in [0.05, 0.1) is 6.42 Å². The van der Waals surface area contributed by atoms with E-state index in [1.807, 2.05) is 39.0 Å². The number of rotatable bonds is 5. The van der Waals surface area contributed by atoms with Gasteiger partial charge in [0.1, 0.15) is 0 Å². The summed E-state index contributed by atoms with van der Waals surface area (Å²) in [6.07, 6.45) is 0.408. The zero-order valence-corrected chi connectivity index (χ0v) is 10.8. The summed E-state index contributed by atoms with van der Waals surface area (Å²) in [5.41, 5.74) is 3.38. The SMILES string of the molecule is Cc1ccc(C)c(CC(=O)NCC(C)CO)c1. The van der Waals surface area contributed by atoms with E-state index < -0.39 is 0 Å². The van der Waals surface area contributed by atoms with Crippen LogP contribution in [0.4, 0.5) is 0 Å². The summed E-state index contributed by atoms with van der Waals surface area (Å²) in [6, 6.07) is 6.13. The Morgan fingerprint density at radius 1 is 1.41 bits per heavy atom. The summed E-state index contributed by atoms with van der Waals surface area (Å²) in [6.45, 7) is 6.56. The average molecular weight is 235 g/mol. The monoisotopic (exact) mass is 235 g/mol. The van der Waals surface area contributed by atoms with E-state index in [9.17, 15) is 4.79 Å². The number of aliphatic hydroxyl groups excluding tert-OH is 1. The molecular formula is C14H21NO2. The fraction of sp³-hybridized carbons (Fsp3) is 0.500. The number of hydrogen-bond donors (Lipinski definition) is 2. The number of aliphatic hydroxyl groups is 1. The van der Waals surface area contributed by atoms with Crippen LogP contribution in [0, 0.1) is 19.8 Å². The number of carbonyl (C=O) groups is 1. The Balaban J connectivity index is 2.53. The molecule has 0 aliphatic rings. The first-order valence-corrected chi connectivity index (χ1v) is 5.96. The highest BCUT2D eigenvalue weighted by Gasteiger charge is 2.07. The van der Waals surface area contributed by atoms with Crippen LogP contribution in [0.1, 0.15) is 23.6 Å². The Kier molecular flexibility index (Phi) is 5.16. The molecule has 0 aliphatic carbocycles. The minimum absolute atomic E-state index is 0.0130. The van der Waals surface area contributed by atoms with Crippen molar-refractivity contribution in [3.05, 3.63) is 34.9 Å². The Labute approximate surface area is 103 Å². The van der Waals surface area contributed by atoms with Gasteiger partial charge in [-0.2, -0.15) is 0 Å². The summed E-state index contributed by atoms with van der Waals surface area (Å²) in [5.74, 6) is 0.122. The molecule has 1 unspecified atom stereocenters. The van der Waals surface area contributed by atoms with Crippen LogP contribution in [0.2, 0.25) is 0 Å². The molecule has 1 rings (SSSR count). The smallest absolute Gasteiger partial charge is 0.224 e. The standard InChI is InChI=1S/C14H21NO2/c1-10-4-5-12(3)13(6-10)7-14(17)15-8-11(2)9-16/h4-6,11,16H,7-9H2,1-3H3,(H,15,17). The van der Waals surface area contributed by atoms with Crippen LogP contribution >= 0.6 is 0 Å². The molecule has 0 heterocycles. The number of hydrogen-bond acceptors (Lipinski definition) is 2. The van der Waals surface area contributed by atoms with Gasteiger partial charge in [-0.15, -0.1) is 0 Å². The van der Waals surface area contributed by atoms with Gasteiger partial charge in [-0.3, -0.25) is 4.79 Å². The van der Waals surface area contributed by atoms with Gasteiger partial charge in [-0.25, -0.2) is 0 Å². The Hall–Kier alpha value is -1.35. The molecule has 0 aliphatic heterocycles. The van der Waals surface area contributed by atoms with Crippen molar-refractivity contribution in [3.8, 4) is 0 Å². The molecule has 1 amide bonds. The summed E-state index contributed by atoms with van der Waals surface area (Å²) in [4.78, 5) is 11.7. The van der Waals surface area contributed by atoms with Gasteiger partial charge in [0.25, 0.3) is 0 Å². The molecule has 0 aromatic heterocycles. The molecule has 94 valence electrons. The summed E-state index contributed by atoms with van der Waals surface area (Å²) >= 11 is 0. The fourth-order valence-corrected chi connectivity index (χ4v) is 1.58. The van der Waals surface area contributed by atoms with Gasteiger partial charge in [0.2, 0.25) is 5.91 Å². The second-order valence-electron chi connectivity index (χ2n) is 4.70. The predicted octanol–water partition coefficient (Wildman–Crippen LogP) is 1.59. The summed E-state index contributed by atoms with van der Waals surface area (Å²) < 4.78 is 0. The lowest BCUT2D eigenvalue weighted by Crippen LogP contribution is -2.30. The molecule has 0 saturated heterocycles. The van der Waals surface area contributed by atoms with E-state index in [2.05, 4.69) is 5.32 Å². The molecule has 3 heteroatoms. The van der Waals surface area contributed by atoms with Crippen LogP contribution in [0.5, 0.6) is 0 Å². The maximum Gasteiger partial charge on any atom is 0.224 e. The van der Waals surface area contributed by atoms with Gasteiger partial charge < -0.3 is 10.4 Å². The molecule has 3 nitrogen and oxygen atoms in total. The first-order valence-electron chi connectivity index (χ1n) is 5.96. The molecule has 0 saturated carbocycles. The largest absolute Gasteiger partial charge is 0.396 e. The van der Waals surface area contributed by atoms with E-state index in [4.69, 9.17) is 5.11 Å². The van der Waals surface area contributed by atoms with E-state index >= 15 is 0 Å². The molecule has 0 bridgehead atoms. The zero-order chi connectivity index (χ0) is 12.8. The van der Waals surface area contributed by atoms with Crippen molar-refractivity contribution < 1.29 is 9.90 Å². The molecular weight excluding hydrogens is 214 g/mol. The maximum absolute atomic E-state index is 11.7. The van der Waals surface area contributed by atoms with Crippen LogP contribution in [-0.2, 0) is 11.2 Å². The van der Waals surface area contributed by atoms with E-state index in [-0.39, 0.29) is 18.4 Å². The van der Waals surface area contributed by atoms with Crippen LogP contribution < -0.4 is 5.32 Å². The molecule has 0 radical (unpaired) electrons. The van der Waals surface area contributed by atoms with Crippen LogP contribution in [0.25, 0.3) is 0 Å². The van der Waals surface area contributed by atoms with Gasteiger partial charge in [0.15, 0.2) is 0 Å². The van der Waals surface area contributed by atoms with E-state index in [0.29, 0.717) is 13.0 Å². The number of nitrogens with one attached hydrogen (secondary N) is 1. The van der Waals surface area contributed by atoms with Crippen molar-refractivity contribution in [2.75, 3.05) is 13.2 Å². The Morgan fingerprint density at radius 3 is 2.76 bits per heavy atom. The minimum Gasteiger partial charge on any atom is -0.396 e. The second-order valence-corrected chi connectivity index (χ2v) is 4.70. The van der Waals surface area contributed by atoms with E-state index in [0.717, 1.165) is 11.1 Å². The number of benzene rings is 1. The van der Waals surface area contributed by atoms with Crippen LogP contribution in [-0.4, -0.2) is 24.2 Å². The van der Waals surface area contributed by atoms with Crippen molar-refractivity contribution in [3.63, 3.8) is 0 Å². The van der Waals surface area contributed by atoms with Crippen molar-refractivity contribution >= 4 is 5.91 Å². The third kappa shape index (κ3) is 4.57. The summed E-state index contributed by atoms with van der Waals surface area (Å²) in [7, 11) is 0. The molecule has 2 N–H and O–H groups in total. The molecule has 1 atom stereocenters. The van der Waals surface area contributed by atoms with Gasteiger partial charge in [-0.05, 0) is 30.9 Å². The average Bonchev–Trinajstić information content (AvgIpc) is 2.30. The third-order valence-electron chi connectivity index (χ3n) is 2.82. The van der Waals surface area contributed by atoms with Crippen molar-refractivity contribution in [2.45, 2.75) is 27.2 Å². The molecule has 17 heavy (non-hydrogen) atoms. The predicted molar refractivity (Wildman–Crippen MR) is 68.9 cm³/mol. The molecule has 1 aromatic carbocycles. The minimum atomic E-state index is 0.0130. The lowest BCUT2D eigenvalue weighted by molar-refractivity contribution is -0.120. The highest BCUT2D eigenvalue weighted by Crippen LogP contribution is 2.11. The van der Waals surface area contributed by atoms with E-state index in [1.165, 1.54) is 5.56 Å². The maximum atomic E-state index is 11.7. The summed E-state index contributed by atoms with van der Waals surface area (Å²) in [5, 5.41) is 11.7. The highest BCUT2D eigenvalue weighted by atomic mass is 16.3. The van der Waals surface area contributed by atoms with E-state index in [1.54, 1.807) is 0 Å². The zero-order valence-electron chi connectivity index (χ0n) is 10.8. The number of aryl methyl sites for hydroxylation is 2. The quantitative estimate of drug-likeness (QED) is 0.814. The lowest BCUT2D eigenvalue weighted by atomic mass is 10.0. The normalized spacial score (nSPS) is 12.2. The number of amides is 1. The first-order chi connectivity index (χ1) is 8.02. The van der Waals surface area contributed by atoms with Gasteiger partial charge >= 0.3 is 0 Å². The van der Waals surface area contributed by atoms with Crippen molar-refractivity contribution in [2.24, 2.45) is 5.92 Å². The molecule has 0 spiro atoms. The second kappa shape index (κ2) is 6.40. The Morgan fingerprint density at radius 2 is 2.12 bits per heavy atom. The lowest BCUT2D eigenvalue weighted by Gasteiger charge is -2.11. The van der Waals surface area contributed by atoms with Gasteiger partial charge in [0, 0.05) is 13.2 Å². The molecule has 1 aromatic rings. The van der Waals surface area contributed by atoms with Crippen molar-refractivity contribution in [1.29, 1.82) is 0 Å². The number of carbonyl (C=O) groups excluding carboxylic acids is 1. The third-order valence-corrected chi connectivity index (χ3v) is 2.82. The van der Waals surface area contributed by atoms with Gasteiger partial charge in [-0.1, -0.05) is 30.7 Å². The molecule has 0 fully saturated rings. The highest BCUT2D eigenvalue weighted by molar-refractivity contribution is 5.78. The van der Waals surface area contributed by atoms with Crippen molar-refractivity contribution in [1.82, 2.24) is 5.32 Å².